The van der Waals surface area contributed by atoms with E-state index in [1.807, 2.05) is 0 Å². The Balaban J connectivity index is 1.75. The quantitative estimate of drug-likeness (QED) is 0.808. The summed E-state index contributed by atoms with van der Waals surface area (Å²) < 4.78 is 0. The fourth-order valence-electron chi connectivity index (χ4n) is 5.06. The zero-order chi connectivity index (χ0) is 12.0. The molecule has 0 aromatic carbocycles. The second-order valence-electron chi connectivity index (χ2n) is 6.76. The molecule has 0 aliphatic heterocycles. The number of nitrogens with zero attached hydrogens (tertiary/aromatic N) is 2. The highest BCUT2D eigenvalue weighted by atomic mass is 15.2. The van der Waals surface area contributed by atoms with E-state index in [4.69, 9.17) is 11.0 Å². The van der Waals surface area contributed by atoms with Crippen LogP contribution in [-0.2, 0) is 0 Å². The van der Waals surface area contributed by atoms with E-state index in [9.17, 15) is 0 Å². The lowest BCUT2D eigenvalue weighted by atomic mass is 9.52. The molecule has 4 rings (SSSR count). The highest BCUT2D eigenvalue weighted by molar-refractivity contribution is 5.07. The third-order valence-electron chi connectivity index (χ3n) is 5.45. The van der Waals surface area contributed by atoms with Crippen LogP contribution in [0.15, 0.2) is 0 Å². The van der Waals surface area contributed by atoms with Crippen molar-refractivity contribution in [2.24, 2.45) is 23.5 Å². The van der Waals surface area contributed by atoms with Gasteiger partial charge in [0.05, 0.1) is 6.07 Å². The minimum absolute atomic E-state index is 0.326. The van der Waals surface area contributed by atoms with Crippen molar-refractivity contribution in [2.45, 2.75) is 50.1 Å². The van der Waals surface area contributed by atoms with Gasteiger partial charge in [-0.2, -0.15) is 5.26 Å². The molecular weight excluding hydrogens is 210 g/mol. The lowest BCUT2D eigenvalue weighted by molar-refractivity contribution is -0.0792. The van der Waals surface area contributed by atoms with Gasteiger partial charge in [0.15, 0.2) is 0 Å². The monoisotopic (exact) mass is 233 g/mol. The van der Waals surface area contributed by atoms with Gasteiger partial charge in [0.25, 0.3) is 0 Å². The Morgan fingerprint density at radius 3 is 2.12 bits per heavy atom. The molecule has 2 N–H and O–H groups in total. The fourth-order valence-corrected chi connectivity index (χ4v) is 5.06. The van der Waals surface area contributed by atoms with Crippen LogP contribution in [-0.4, -0.2) is 30.1 Å². The molecule has 0 amide bonds. The van der Waals surface area contributed by atoms with Crippen LogP contribution in [0.25, 0.3) is 0 Å². The third kappa shape index (κ3) is 1.88. The summed E-state index contributed by atoms with van der Waals surface area (Å²) in [4.78, 5) is 2.42. The van der Waals surface area contributed by atoms with Crippen molar-refractivity contribution in [1.82, 2.24) is 4.90 Å². The molecule has 0 spiro atoms. The van der Waals surface area contributed by atoms with Crippen LogP contribution >= 0.6 is 0 Å². The van der Waals surface area contributed by atoms with Crippen molar-refractivity contribution in [3.8, 4) is 6.07 Å². The van der Waals surface area contributed by atoms with Gasteiger partial charge in [-0.15, -0.1) is 0 Å². The summed E-state index contributed by atoms with van der Waals surface area (Å²) in [6.07, 6.45) is 8.47. The van der Waals surface area contributed by atoms with Crippen molar-refractivity contribution >= 4 is 0 Å². The van der Waals surface area contributed by atoms with Crippen LogP contribution in [0.1, 0.15) is 38.5 Å². The summed E-state index contributed by atoms with van der Waals surface area (Å²) in [6.45, 7) is 0.739. The maximum atomic E-state index is 8.86. The molecule has 17 heavy (non-hydrogen) atoms. The van der Waals surface area contributed by atoms with Crippen molar-refractivity contribution in [2.75, 3.05) is 13.6 Å². The van der Waals surface area contributed by atoms with Gasteiger partial charge in [0.2, 0.25) is 0 Å². The molecule has 0 heterocycles. The number of nitrogens with two attached hydrogens (primary N) is 1. The molecule has 94 valence electrons. The number of hydrogen-bond donors (Lipinski definition) is 1. The number of likely N-dealkylation sites (N-methyl/N-ethyl adjacent to an activating group) is 1. The summed E-state index contributed by atoms with van der Waals surface area (Å²) in [7, 11) is 2.18. The van der Waals surface area contributed by atoms with E-state index < -0.39 is 0 Å². The standard InChI is InChI=1S/C14H23N3/c1-17(9-13(16)8-15)14-5-10-2-11(6-14)4-12(3-10)7-14/h10-13H,2-7,9,16H2,1H3. The molecule has 1 unspecified atom stereocenters. The van der Waals surface area contributed by atoms with Crippen LogP contribution in [0.4, 0.5) is 0 Å². The molecular formula is C14H23N3. The molecule has 3 nitrogen and oxygen atoms in total. The van der Waals surface area contributed by atoms with Crippen LogP contribution in [0, 0.1) is 29.1 Å². The first kappa shape index (κ1) is 11.5. The van der Waals surface area contributed by atoms with Crippen LogP contribution in [0.3, 0.4) is 0 Å². The summed E-state index contributed by atoms with van der Waals surface area (Å²) in [5.41, 5.74) is 6.18. The Kier molecular flexibility index (Phi) is 2.68. The highest BCUT2D eigenvalue weighted by Gasteiger charge is 2.52. The minimum atomic E-state index is -0.326. The van der Waals surface area contributed by atoms with E-state index in [0.29, 0.717) is 5.54 Å². The third-order valence-corrected chi connectivity index (χ3v) is 5.45. The average molecular weight is 233 g/mol. The predicted molar refractivity (Wildman–Crippen MR) is 67.1 cm³/mol. The molecule has 4 bridgehead atoms. The SMILES string of the molecule is CN(CC(N)C#N)C12CC3CC(CC(C3)C1)C2. The lowest BCUT2D eigenvalue weighted by Crippen LogP contribution is -2.60. The van der Waals surface area contributed by atoms with Crippen LogP contribution in [0.5, 0.6) is 0 Å². The fraction of sp³-hybridized carbons (Fsp3) is 0.929. The van der Waals surface area contributed by atoms with Crippen molar-refractivity contribution in [3.63, 3.8) is 0 Å². The van der Waals surface area contributed by atoms with Crippen LogP contribution in [0.2, 0.25) is 0 Å². The van der Waals surface area contributed by atoms with Crippen molar-refractivity contribution < 1.29 is 0 Å². The molecule has 0 saturated heterocycles. The maximum Gasteiger partial charge on any atom is 0.106 e. The molecule has 4 aliphatic carbocycles. The predicted octanol–water partition coefficient (Wildman–Crippen LogP) is 1.74. The molecule has 0 aromatic heterocycles. The van der Waals surface area contributed by atoms with Crippen molar-refractivity contribution in [1.29, 1.82) is 5.26 Å². The lowest BCUT2D eigenvalue weighted by Gasteiger charge is -2.60. The Bertz CT molecular complexity index is 309. The Hall–Kier alpha value is -0.590. The normalized spacial score (nSPS) is 44.9. The van der Waals surface area contributed by atoms with E-state index in [0.717, 1.165) is 24.3 Å². The number of hydrogen-bond acceptors (Lipinski definition) is 3. The number of nitriles is 1. The first-order valence-electron chi connectivity index (χ1n) is 6.98. The summed E-state index contributed by atoms with van der Waals surface area (Å²) >= 11 is 0. The molecule has 4 aliphatic rings. The van der Waals surface area contributed by atoms with Gasteiger partial charge >= 0.3 is 0 Å². The summed E-state index contributed by atoms with van der Waals surface area (Å²) in [5.74, 6) is 2.88. The van der Waals surface area contributed by atoms with Gasteiger partial charge in [-0.1, -0.05) is 0 Å². The zero-order valence-corrected chi connectivity index (χ0v) is 10.7. The Morgan fingerprint density at radius 1 is 1.24 bits per heavy atom. The van der Waals surface area contributed by atoms with E-state index in [-0.39, 0.29) is 6.04 Å². The molecule has 0 aromatic rings. The smallest absolute Gasteiger partial charge is 0.106 e. The molecule has 4 saturated carbocycles. The Labute approximate surface area is 104 Å². The molecule has 3 heteroatoms. The Morgan fingerprint density at radius 2 is 1.71 bits per heavy atom. The van der Waals surface area contributed by atoms with Gasteiger partial charge < -0.3 is 5.73 Å². The summed E-state index contributed by atoms with van der Waals surface area (Å²) in [6, 6.07) is 1.84. The van der Waals surface area contributed by atoms with Gasteiger partial charge in [0.1, 0.15) is 6.04 Å². The van der Waals surface area contributed by atoms with Crippen LogP contribution < -0.4 is 5.73 Å². The van der Waals surface area contributed by atoms with Gasteiger partial charge in [0, 0.05) is 12.1 Å². The topological polar surface area (TPSA) is 53.0 Å². The van der Waals surface area contributed by atoms with Crippen molar-refractivity contribution in [3.05, 3.63) is 0 Å². The molecule has 1 atom stereocenters. The van der Waals surface area contributed by atoms with E-state index in [1.54, 1.807) is 0 Å². The van der Waals surface area contributed by atoms with E-state index in [2.05, 4.69) is 18.0 Å². The maximum absolute atomic E-state index is 8.86. The second-order valence-corrected chi connectivity index (χ2v) is 6.76. The minimum Gasteiger partial charge on any atom is -0.315 e. The first-order chi connectivity index (χ1) is 8.11. The summed E-state index contributed by atoms with van der Waals surface area (Å²) in [5, 5.41) is 8.86. The number of rotatable bonds is 3. The highest BCUT2D eigenvalue weighted by Crippen LogP contribution is 2.57. The van der Waals surface area contributed by atoms with E-state index in [1.165, 1.54) is 38.5 Å². The van der Waals surface area contributed by atoms with Gasteiger partial charge in [-0.25, -0.2) is 0 Å². The molecule has 0 radical (unpaired) electrons. The van der Waals surface area contributed by atoms with Gasteiger partial charge in [-0.3, -0.25) is 4.90 Å². The molecule has 4 fully saturated rings. The first-order valence-corrected chi connectivity index (χ1v) is 6.98. The largest absolute Gasteiger partial charge is 0.315 e. The van der Waals surface area contributed by atoms with Gasteiger partial charge in [-0.05, 0) is 63.3 Å². The zero-order valence-electron chi connectivity index (χ0n) is 10.7. The van der Waals surface area contributed by atoms with E-state index >= 15 is 0 Å². The second kappa shape index (κ2) is 3.96. The average Bonchev–Trinajstić information content (AvgIpc) is 2.26.